The monoisotopic (exact) mass is 243 g/mol. The summed E-state index contributed by atoms with van der Waals surface area (Å²) in [6, 6.07) is 4.98. The Kier molecular flexibility index (Phi) is 2.59. The summed E-state index contributed by atoms with van der Waals surface area (Å²) in [6.45, 7) is 0.987. The van der Waals surface area contributed by atoms with E-state index in [1.54, 1.807) is 12.1 Å². The van der Waals surface area contributed by atoms with E-state index in [0.717, 1.165) is 24.5 Å². The van der Waals surface area contributed by atoms with Gasteiger partial charge >= 0.3 is 5.97 Å². The predicted octanol–water partition coefficient (Wildman–Crippen LogP) is 1.98. The second-order valence-electron chi connectivity index (χ2n) is 4.41. The van der Waals surface area contributed by atoms with Crippen molar-refractivity contribution >= 4 is 5.97 Å². The van der Waals surface area contributed by atoms with Gasteiger partial charge in [-0.2, -0.15) is 0 Å². The number of carbonyl (C=O) groups is 1. The van der Waals surface area contributed by atoms with E-state index in [0.29, 0.717) is 5.69 Å². The molecule has 2 aromatic heterocycles. The van der Waals surface area contributed by atoms with Gasteiger partial charge < -0.3 is 9.67 Å². The number of pyridine rings is 1. The summed E-state index contributed by atoms with van der Waals surface area (Å²) in [6.07, 6.45) is 5.28. The maximum absolute atomic E-state index is 10.9. The summed E-state index contributed by atoms with van der Waals surface area (Å²) in [4.78, 5) is 19.5. The van der Waals surface area contributed by atoms with Gasteiger partial charge in [-0.15, -0.1) is 0 Å². The Labute approximate surface area is 104 Å². The lowest BCUT2D eigenvalue weighted by Crippen LogP contribution is -2.08. The summed E-state index contributed by atoms with van der Waals surface area (Å²) in [5.74, 6) is 0.0552. The number of imidazole rings is 1. The van der Waals surface area contributed by atoms with E-state index in [-0.39, 0.29) is 5.69 Å². The Morgan fingerprint density at radius 1 is 1.22 bits per heavy atom. The minimum absolute atomic E-state index is 0.0541. The molecule has 0 radical (unpaired) electrons. The normalized spacial score (nSPS) is 14.2. The first-order chi connectivity index (χ1) is 8.74. The molecule has 3 heterocycles. The zero-order chi connectivity index (χ0) is 12.5. The van der Waals surface area contributed by atoms with Gasteiger partial charge in [0.2, 0.25) is 0 Å². The van der Waals surface area contributed by atoms with Crippen molar-refractivity contribution in [3.63, 3.8) is 0 Å². The number of hydrogen-bond donors (Lipinski definition) is 1. The number of aromatic carboxylic acids is 1. The van der Waals surface area contributed by atoms with Gasteiger partial charge in [0, 0.05) is 19.2 Å². The van der Waals surface area contributed by atoms with Crippen LogP contribution in [0.5, 0.6) is 0 Å². The number of rotatable bonds is 2. The highest BCUT2D eigenvalue weighted by Crippen LogP contribution is 2.21. The lowest BCUT2D eigenvalue weighted by atomic mass is 10.2. The van der Waals surface area contributed by atoms with E-state index in [2.05, 4.69) is 14.5 Å². The van der Waals surface area contributed by atoms with E-state index in [4.69, 9.17) is 5.11 Å². The lowest BCUT2D eigenvalue weighted by molar-refractivity contribution is 0.0690. The van der Waals surface area contributed by atoms with Crippen LogP contribution in [0.3, 0.4) is 0 Å². The molecule has 92 valence electrons. The largest absolute Gasteiger partial charge is 0.477 e. The summed E-state index contributed by atoms with van der Waals surface area (Å²) in [5.41, 5.74) is 1.44. The van der Waals surface area contributed by atoms with E-state index in [9.17, 15) is 4.79 Å². The van der Waals surface area contributed by atoms with Crippen LogP contribution in [0.15, 0.2) is 24.4 Å². The second-order valence-corrected chi connectivity index (χ2v) is 4.41. The molecule has 0 amide bonds. The minimum Gasteiger partial charge on any atom is -0.477 e. The van der Waals surface area contributed by atoms with Crippen molar-refractivity contribution in [3.8, 4) is 11.4 Å². The second kappa shape index (κ2) is 4.25. The molecule has 0 unspecified atom stereocenters. The first kappa shape index (κ1) is 11.0. The Morgan fingerprint density at radius 3 is 2.89 bits per heavy atom. The van der Waals surface area contributed by atoms with Gasteiger partial charge in [-0.05, 0) is 25.0 Å². The molecule has 0 aliphatic carbocycles. The molecular formula is C13H13N3O2. The van der Waals surface area contributed by atoms with Crippen molar-refractivity contribution in [2.75, 3.05) is 0 Å². The standard InChI is InChI=1S/C13H13N3O2/c17-13(18)10-5-3-4-9(14-10)11-8-16-7-2-1-6-12(16)15-11/h3-5,8H,1-2,6-7H2,(H,17,18). The van der Waals surface area contributed by atoms with Crippen LogP contribution in [0.2, 0.25) is 0 Å². The van der Waals surface area contributed by atoms with Crippen LogP contribution >= 0.6 is 0 Å². The molecule has 18 heavy (non-hydrogen) atoms. The van der Waals surface area contributed by atoms with Gasteiger partial charge in [0.25, 0.3) is 0 Å². The van der Waals surface area contributed by atoms with Crippen molar-refractivity contribution in [2.45, 2.75) is 25.8 Å². The number of nitrogens with zero attached hydrogens (tertiary/aromatic N) is 3. The minimum atomic E-state index is -1.01. The SMILES string of the molecule is O=C(O)c1cccc(-c2cn3c(n2)CCCC3)n1. The molecule has 0 spiro atoms. The highest BCUT2D eigenvalue weighted by Gasteiger charge is 2.14. The molecule has 5 nitrogen and oxygen atoms in total. The van der Waals surface area contributed by atoms with Crippen LogP contribution in [0.1, 0.15) is 29.2 Å². The zero-order valence-electron chi connectivity index (χ0n) is 9.83. The molecule has 0 fully saturated rings. The van der Waals surface area contributed by atoms with Crippen LogP contribution in [0, 0.1) is 0 Å². The van der Waals surface area contributed by atoms with Crippen molar-refractivity contribution in [1.82, 2.24) is 14.5 Å². The third-order valence-electron chi connectivity index (χ3n) is 3.14. The number of hydrogen-bond acceptors (Lipinski definition) is 3. The average Bonchev–Trinajstić information content (AvgIpc) is 2.82. The Balaban J connectivity index is 2.01. The third-order valence-corrected chi connectivity index (χ3v) is 3.14. The van der Waals surface area contributed by atoms with Gasteiger partial charge in [-0.3, -0.25) is 0 Å². The van der Waals surface area contributed by atoms with E-state index >= 15 is 0 Å². The van der Waals surface area contributed by atoms with E-state index in [1.807, 2.05) is 6.20 Å². The molecule has 5 heteroatoms. The highest BCUT2D eigenvalue weighted by atomic mass is 16.4. The predicted molar refractivity (Wildman–Crippen MR) is 65.4 cm³/mol. The fourth-order valence-electron chi connectivity index (χ4n) is 2.23. The van der Waals surface area contributed by atoms with Crippen LogP contribution in [-0.4, -0.2) is 25.6 Å². The van der Waals surface area contributed by atoms with E-state index in [1.165, 1.54) is 18.9 Å². The Morgan fingerprint density at radius 2 is 2.11 bits per heavy atom. The molecular weight excluding hydrogens is 230 g/mol. The highest BCUT2D eigenvalue weighted by molar-refractivity contribution is 5.85. The Hall–Kier alpha value is -2.17. The smallest absolute Gasteiger partial charge is 0.354 e. The number of fused-ring (bicyclic) bond motifs is 1. The van der Waals surface area contributed by atoms with Crippen molar-refractivity contribution in [3.05, 3.63) is 35.9 Å². The molecule has 3 rings (SSSR count). The molecule has 0 aromatic carbocycles. The first-order valence-electron chi connectivity index (χ1n) is 6.01. The maximum Gasteiger partial charge on any atom is 0.354 e. The average molecular weight is 243 g/mol. The number of carboxylic acids is 1. The third kappa shape index (κ3) is 1.88. The molecule has 0 bridgehead atoms. The molecule has 0 saturated carbocycles. The van der Waals surface area contributed by atoms with Crippen LogP contribution in [0.4, 0.5) is 0 Å². The molecule has 1 aliphatic heterocycles. The fourth-order valence-corrected chi connectivity index (χ4v) is 2.23. The first-order valence-corrected chi connectivity index (χ1v) is 6.01. The molecule has 1 N–H and O–H groups in total. The van der Waals surface area contributed by atoms with Gasteiger partial charge in [0.15, 0.2) is 0 Å². The van der Waals surface area contributed by atoms with Gasteiger partial charge in [-0.25, -0.2) is 14.8 Å². The summed E-state index contributed by atoms with van der Waals surface area (Å²) in [5, 5.41) is 8.93. The van der Waals surface area contributed by atoms with Gasteiger partial charge in [0.1, 0.15) is 17.2 Å². The van der Waals surface area contributed by atoms with Crippen molar-refractivity contribution in [2.24, 2.45) is 0 Å². The Bertz CT molecular complexity index is 581. The van der Waals surface area contributed by atoms with Crippen LogP contribution in [0.25, 0.3) is 11.4 Å². The molecule has 2 aromatic rings. The number of carboxylic acid groups (broad SMARTS) is 1. The molecule has 0 saturated heterocycles. The molecule has 0 atom stereocenters. The van der Waals surface area contributed by atoms with Crippen LogP contribution < -0.4 is 0 Å². The quantitative estimate of drug-likeness (QED) is 0.875. The van der Waals surface area contributed by atoms with Crippen LogP contribution in [-0.2, 0) is 13.0 Å². The number of aromatic nitrogens is 3. The molecule has 1 aliphatic rings. The van der Waals surface area contributed by atoms with E-state index < -0.39 is 5.97 Å². The fraction of sp³-hybridized carbons (Fsp3) is 0.308. The van der Waals surface area contributed by atoms with Crippen molar-refractivity contribution < 1.29 is 9.90 Å². The summed E-state index contributed by atoms with van der Waals surface area (Å²) in [7, 11) is 0. The van der Waals surface area contributed by atoms with Gasteiger partial charge in [0.05, 0.1) is 5.69 Å². The van der Waals surface area contributed by atoms with Gasteiger partial charge in [-0.1, -0.05) is 6.07 Å². The maximum atomic E-state index is 10.9. The number of aryl methyl sites for hydroxylation is 2. The summed E-state index contributed by atoms with van der Waals surface area (Å²) < 4.78 is 2.13. The summed E-state index contributed by atoms with van der Waals surface area (Å²) >= 11 is 0. The lowest BCUT2D eigenvalue weighted by Gasteiger charge is -2.11. The zero-order valence-corrected chi connectivity index (χ0v) is 9.83. The topological polar surface area (TPSA) is 68.0 Å². The van der Waals surface area contributed by atoms with Crippen molar-refractivity contribution in [1.29, 1.82) is 0 Å².